The Morgan fingerprint density at radius 2 is 1.78 bits per heavy atom. The van der Waals surface area contributed by atoms with E-state index in [1.165, 1.54) is 12.1 Å². The van der Waals surface area contributed by atoms with E-state index in [4.69, 9.17) is 0 Å². The Hall–Kier alpha value is -0.980. The molecule has 0 unspecified atom stereocenters. The minimum Gasteiger partial charge on any atom is -0.303 e. The molecule has 0 amide bonds. The highest BCUT2D eigenvalue weighted by Gasteiger charge is 2.23. The monoisotopic (exact) mass is 344 g/mol. The van der Waals surface area contributed by atoms with E-state index in [-0.39, 0.29) is 11.7 Å². The largest absolute Gasteiger partial charge is 0.303 e. The Morgan fingerprint density at radius 1 is 1.13 bits per heavy atom. The summed E-state index contributed by atoms with van der Waals surface area (Å²) in [5, 5.41) is 0. The number of benzene rings is 1. The van der Waals surface area contributed by atoms with E-state index < -0.39 is 15.8 Å². The van der Waals surface area contributed by atoms with Gasteiger partial charge in [-0.3, -0.25) is 0 Å². The predicted molar refractivity (Wildman–Crippen MR) is 93.2 cm³/mol. The van der Waals surface area contributed by atoms with Gasteiger partial charge in [0.15, 0.2) is 0 Å². The van der Waals surface area contributed by atoms with Gasteiger partial charge in [0.2, 0.25) is 10.0 Å². The highest BCUT2D eigenvalue weighted by Crippen LogP contribution is 2.14. The molecule has 23 heavy (non-hydrogen) atoms. The van der Waals surface area contributed by atoms with Crippen molar-refractivity contribution in [2.24, 2.45) is 5.92 Å². The maximum absolute atomic E-state index is 13.3. The molecule has 1 aromatic rings. The van der Waals surface area contributed by atoms with Crippen LogP contribution in [-0.2, 0) is 15.8 Å². The summed E-state index contributed by atoms with van der Waals surface area (Å²) in [6.45, 7) is 11.6. The number of sulfonamides is 1. The number of halogens is 1. The van der Waals surface area contributed by atoms with Gasteiger partial charge in [-0.2, -0.15) is 0 Å². The second-order valence-corrected chi connectivity index (χ2v) is 8.13. The Bertz CT molecular complexity index is 572. The third kappa shape index (κ3) is 6.97. The zero-order valence-electron chi connectivity index (χ0n) is 14.6. The molecule has 0 aliphatic rings. The molecule has 6 heteroatoms. The Labute approximate surface area is 140 Å². The smallest absolute Gasteiger partial charge is 0.218 e. The first-order chi connectivity index (χ1) is 10.8. The van der Waals surface area contributed by atoms with Crippen LogP contribution in [0.3, 0.4) is 0 Å². The van der Waals surface area contributed by atoms with Crippen LogP contribution in [0.2, 0.25) is 0 Å². The van der Waals surface area contributed by atoms with E-state index in [1.54, 1.807) is 16.4 Å². The van der Waals surface area contributed by atoms with Crippen LogP contribution in [0, 0.1) is 11.7 Å². The molecule has 0 aromatic heterocycles. The predicted octanol–water partition coefficient (Wildman–Crippen LogP) is 2.96. The first kappa shape index (κ1) is 20.1. The summed E-state index contributed by atoms with van der Waals surface area (Å²) in [6, 6.07) is 5.80. The SMILES string of the molecule is CCN(CC)CCN(CC(C)C)S(=O)(=O)Cc1cccc(F)c1. The van der Waals surface area contributed by atoms with Gasteiger partial charge in [0.1, 0.15) is 5.82 Å². The van der Waals surface area contributed by atoms with Crippen molar-refractivity contribution in [1.82, 2.24) is 9.21 Å². The molecule has 0 saturated heterocycles. The summed E-state index contributed by atoms with van der Waals surface area (Å²) in [6.07, 6.45) is 0. The van der Waals surface area contributed by atoms with Gasteiger partial charge in [-0.15, -0.1) is 0 Å². The van der Waals surface area contributed by atoms with Crippen molar-refractivity contribution in [3.8, 4) is 0 Å². The first-order valence-corrected chi connectivity index (χ1v) is 9.84. The van der Waals surface area contributed by atoms with E-state index in [0.29, 0.717) is 25.2 Å². The van der Waals surface area contributed by atoms with Crippen LogP contribution < -0.4 is 0 Å². The summed E-state index contributed by atoms with van der Waals surface area (Å²) in [4.78, 5) is 2.20. The number of likely N-dealkylation sites (N-methyl/N-ethyl adjacent to an activating group) is 1. The van der Waals surface area contributed by atoms with Crippen molar-refractivity contribution in [2.75, 3.05) is 32.7 Å². The maximum atomic E-state index is 13.3. The number of hydrogen-bond acceptors (Lipinski definition) is 3. The number of hydrogen-bond donors (Lipinski definition) is 0. The standard InChI is InChI=1S/C17H29FN2O2S/c1-5-19(6-2)10-11-20(13-15(3)4)23(21,22)14-16-8-7-9-17(18)12-16/h7-9,12,15H,5-6,10-11,13-14H2,1-4H3. The van der Waals surface area contributed by atoms with E-state index in [9.17, 15) is 12.8 Å². The van der Waals surface area contributed by atoms with Gasteiger partial charge < -0.3 is 4.90 Å². The zero-order valence-corrected chi connectivity index (χ0v) is 15.4. The molecule has 4 nitrogen and oxygen atoms in total. The molecule has 1 rings (SSSR count). The highest BCUT2D eigenvalue weighted by atomic mass is 32.2. The Balaban J connectivity index is 2.86. The lowest BCUT2D eigenvalue weighted by atomic mass is 10.2. The van der Waals surface area contributed by atoms with Crippen LogP contribution in [0.5, 0.6) is 0 Å². The normalized spacial score (nSPS) is 12.5. The molecule has 0 saturated carbocycles. The Morgan fingerprint density at radius 3 is 2.30 bits per heavy atom. The summed E-state index contributed by atoms with van der Waals surface area (Å²) in [5.74, 6) is -0.319. The summed E-state index contributed by atoms with van der Waals surface area (Å²) in [5.41, 5.74) is 0.488. The lowest BCUT2D eigenvalue weighted by Crippen LogP contribution is -2.41. The molecule has 0 fully saturated rings. The van der Waals surface area contributed by atoms with Crippen LogP contribution in [0.4, 0.5) is 4.39 Å². The fourth-order valence-corrected chi connectivity index (χ4v) is 4.14. The second kappa shape index (κ2) is 9.35. The zero-order chi connectivity index (χ0) is 17.5. The molecule has 0 aliphatic carbocycles. The third-order valence-corrected chi connectivity index (χ3v) is 5.58. The van der Waals surface area contributed by atoms with Crippen LogP contribution in [0.25, 0.3) is 0 Å². The van der Waals surface area contributed by atoms with Crippen molar-refractivity contribution in [1.29, 1.82) is 0 Å². The minimum absolute atomic E-state index is 0.157. The second-order valence-electron chi connectivity index (χ2n) is 6.16. The Kier molecular flexibility index (Phi) is 8.16. The average Bonchev–Trinajstić information content (AvgIpc) is 2.46. The molecular formula is C17H29FN2O2S. The third-order valence-electron chi connectivity index (χ3n) is 3.76. The lowest BCUT2D eigenvalue weighted by Gasteiger charge is -2.27. The number of rotatable bonds is 10. The van der Waals surface area contributed by atoms with Crippen LogP contribution in [-0.4, -0.2) is 50.3 Å². The fraction of sp³-hybridized carbons (Fsp3) is 0.647. The van der Waals surface area contributed by atoms with Gasteiger partial charge in [-0.25, -0.2) is 17.1 Å². The molecule has 0 atom stereocenters. The van der Waals surface area contributed by atoms with Crippen molar-refractivity contribution in [3.05, 3.63) is 35.6 Å². The van der Waals surface area contributed by atoms with Crippen molar-refractivity contribution in [2.45, 2.75) is 33.4 Å². The number of nitrogens with zero attached hydrogens (tertiary/aromatic N) is 2. The van der Waals surface area contributed by atoms with Gasteiger partial charge in [0, 0.05) is 19.6 Å². The van der Waals surface area contributed by atoms with E-state index in [0.717, 1.165) is 13.1 Å². The van der Waals surface area contributed by atoms with Gasteiger partial charge in [-0.05, 0) is 36.7 Å². The van der Waals surface area contributed by atoms with Crippen molar-refractivity contribution < 1.29 is 12.8 Å². The molecular weight excluding hydrogens is 315 g/mol. The summed E-state index contributed by atoms with van der Waals surface area (Å²) in [7, 11) is -3.46. The molecule has 0 heterocycles. The molecule has 132 valence electrons. The molecule has 0 spiro atoms. The summed E-state index contributed by atoms with van der Waals surface area (Å²) >= 11 is 0. The van der Waals surface area contributed by atoms with Gasteiger partial charge in [0.25, 0.3) is 0 Å². The van der Waals surface area contributed by atoms with Gasteiger partial charge >= 0.3 is 0 Å². The lowest BCUT2D eigenvalue weighted by molar-refractivity contribution is 0.262. The molecule has 1 aromatic carbocycles. The van der Waals surface area contributed by atoms with Crippen LogP contribution in [0.1, 0.15) is 33.3 Å². The molecule has 0 aliphatic heterocycles. The van der Waals surface area contributed by atoms with Gasteiger partial charge in [-0.1, -0.05) is 39.8 Å². The van der Waals surface area contributed by atoms with Crippen LogP contribution >= 0.6 is 0 Å². The molecule has 0 N–H and O–H groups in total. The molecule has 0 radical (unpaired) electrons. The van der Waals surface area contributed by atoms with Gasteiger partial charge in [0.05, 0.1) is 5.75 Å². The highest BCUT2D eigenvalue weighted by molar-refractivity contribution is 7.88. The van der Waals surface area contributed by atoms with E-state index >= 15 is 0 Å². The maximum Gasteiger partial charge on any atom is 0.218 e. The minimum atomic E-state index is -3.46. The van der Waals surface area contributed by atoms with E-state index in [2.05, 4.69) is 18.7 Å². The van der Waals surface area contributed by atoms with Crippen molar-refractivity contribution in [3.63, 3.8) is 0 Å². The average molecular weight is 344 g/mol. The van der Waals surface area contributed by atoms with Crippen molar-refractivity contribution >= 4 is 10.0 Å². The van der Waals surface area contributed by atoms with E-state index in [1.807, 2.05) is 13.8 Å². The molecule has 0 bridgehead atoms. The first-order valence-electron chi connectivity index (χ1n) is 8.23. The van der Waals surface area contributed by atoms with Crippen LogP contribution in [0.15, 0.2) is 24.3 Å². The quantitative estimate of drug-likeness (QED) is 0.655. The topological polar surface area (TPSA) is 40.6 Å². The summed E-state index contributed by atoms with van der Waals surface area (Å²) < 4.78 is 40.3. The fourth-order valence-electron chi connectivity index (χ4n) is 2.47.